The summed E-state index contributed by atoms with van der Waals surface area (Å²) in [4.78, 5) is 0.202. The van der Waals surface area contributed by atoms with Crippen molar-refractivity contribution in [1.29, 1.82) is 0 Å². The third kappa shape index (κ3) is 4.29. The maximum absolute atomic E-state index is 11.7. The van der Waals surface area contributed by atoms with E-state index in [0.717, 1.165) is 0 Å². The van der Waals surface area contributed by atoms with Crippen LogP contribution >= 0.6 is 11.8 Å². The Morgan fingerprint density at radius 2 is 2.00 bits per heavy atom. The second-order valence-electron chi connectivity index (χ2n) is 4.77. The Kier molecular flexibility index (Phi) is 5.11. The number of thioether (sulfide) groups is 1. The van der Waals surface area contributed by atoms with Gasteiger partial charge in [-0.15, -0.1) is 0 Å². The average Bonchev–Trinajstić information content (AvgIpc) is 2.37. The van der Waals surface area contributed by atoms with E-state index in [1.807, 2.05) is 6.26 Å². The first kappa shape index (κ1) is 16.1. The lowest BCUT2D eigenvalue weighted by Gasteiger charge is -2.23. The lowest BCUT2D eigenvalue weighted by Crippen LogP contribution is -2.26. The Labute approximate surface area is 119 Å². The molecular weight excluding hydrogens is 282 g/mol. The van der Waals surface area contributed by atoms with Crippen LogP contribution < -0.4 is 15.8 Å². The molecule has 0 aliphatic rings. The number of hydrogen-bond acceptors (Lipinski definition) is 5. The van der Waals surface area contributed by atoms with E-state index in [2.05, 4.69) is 23.9 Å². The fraction of sp³-hybridized carbons (Fsp3) is 0.500. The first-order chi connectivity index (χ1) is 8.72. The van der Waals surface area contributed by atoms with Crippen LogP contribution in [0.25, 0.3) is 0 Å². The van der Waals surface area contributed by atoms with Crippen molar-refractivity contribution >= 4 is 33.2 Å². The summed E-state index contributed by atoms with van der Waals surface area (Å²) in [6, 6.07) is 4.64. The van der Waals surface area contributed by atoms with E-state index >= 15 is 0 Å². The maximum atomic E-state index is 11.7. The highest BCUT2D eigenvalue weighted by Gasteiger charge is 2.17. The summed E-state index contributed by atoms with van der Waals surface area (Å²) in [6.07, 6.45) is 2.03. The lowest BCUT2D eigenvalue weighted by molar-refractivity contribution is 0.588. The van der Waals surface area contributed by atoms with Gasteiger partial charge in [0.15, 0.2) is 0 Å². The van der Waals surface area contributed by atoms with E-state index in [4.69, 9.17) is 5.73 Å². The normalized spacial score (nSPS) is 12.4. The summed E-state index contributed by atoms with van der Waals surface area (Å²) in [5, 5.41) is 3.20. The minimum absolute atomic E-state index is 0.0460. The molecule has 0 spiro atoms. The summed E-state index contributed by atoms with van der Waals surface area (Å²) in [6.45, 7) is 4.91. The molecule has 0 heterocycles. The van der Waals surface area contributed by atoms with Crippen LogP contribution in [0.1, 0.15) is 13.8 Å². The van der Waals surface area contributed by atoms with E-state index in [9.17, 15) is 8.42 Å². The lowest BCUT2D eigenvalue weighted by atomic mass is 10.2. The number of benzene rings is 1. The molecule has 1 aromatic carbocycles. The maximum Gasteiger partial charge on any atom is 0.240 e. The van der Waals surface area contributed by atoms with Gasteiger partial charge in [-0.3, -0.25) is 0 Å². The standard InChI is InChI=1S/C12H21N3O2S2/c1-12(2,18-4)8-15-11-7-9(5-6-10(11)13)19(16,17)14-3/h5-7,14-15H,8,13H2,1-4H3. The van der Waals surface area contributed by atoms with Gasteiger partial charge in [0.1, 0.15) is 0 Å². The fourth-order valence-electron chi connectivity index (χ4n) is 1.35. The Hall–Kier alpha value is -0.920. The highest BCUT2D eigenvalue weighted by molar-refractivity contribution is 7.99. The van der Waals surface area contributed by atoms with Crippen LogP contribution in [0.4, 0.5) is 11.4 Å². The number of sulfonamides is 1. The molecule has 4 N–H and O–H groups in total. The molecular formula is C12H21N3O2S2. The SMILES string of the molecule is CNS(=O)(=O)c1ccc(N)c(NCC(C)(C)SC)c1. The van der Waals surface area contributed by atoms with Gasteiger partial charge in [-0.1, -0.05) is 0 Å². The molecule has 0 atom stereocenters. The van der Waals surface area contributed by atoms with E-state index in [0.29, 0.717) is 17.9 Å². The average molecular weight is 303 g/mol. The van der Waals surface area contributed by atoms with Crippen LogP contribution in [0.5, 0.6) is 0 Å². The van der Waals surface area contributed by atoms with Gasteiger partial charge in [-0.25, -0.2) is 13.1 Å². The Morgan fingerprint density at radius 1 is 1.37 bits per heavy atom. The Bertz CT molecular complexity index is 542. The zero-order valence-electron chi connectivity index (χ0n) is 11.6. The number of hydrogen-bond donors (Lipinski definition) is 3. The molecule has 0 aromatic heterocycles. The minimum atomic E-state index is -3.45. The van der Waals surface area contributed by atoms with Crippen molar-refractivity contribution < 1.29 is 8.42 Å². The highest BCUT2D eigenvalue weighted by atomic mass is 32.2. The van der Waals surface area contributed by atoms with Gasteiger partial charge in [-0.2, -0.15) is 11.8 Å². The van der Waals surface area contributed by atoms with Crippen molar-refractivity contribution in [2.24, 2.45) is 0 Å². The van der Waals surface area contributed by atoms with Gasteiger partial charge in [0.25, 0.3) is 0 Å². The molecule has 0 bridgehead atoms. The Morgan fingerprint density at radius 3 is 2.53 bits per heavy atom. The summed E-state index contributed by atoms with van der Waals surface area (Å²) in [5.74, 6) is 0. The van der Waals surface area contributed by atoms with Gasteiger partial charge in [0.2, 0.25) is 10.0 Å². The van der Waals surface area contributed by atoms with Crippen LogP contribution in [0.15, 0.2) is 23.1 Å². The zero-order chi connectivity index (χ0) is 14.7. The smallest absolute Gasteiger partial charge is 0.240 e. The summed E-state index contributed by atoms with van der Waals surface area (Å²) < 4.78 is 25.8. The van der Waals surface area contributed by atoms with Gasteiger partial charge < -0.3 is 11.1 Å². The second kappa shape index (κ2) is 6.02. The van der Waals surface area contributed by atoms with Crippen molar-refractivity contribution in [1.82, 2.24) is 4.72 Å². The molecule has 5 nitrogen and oxygen atoms in total. The minimum Gasteiger partial charge on any atom is -0.397 e. The summed E-state index contributed by atoms with van der Waals surface area (Å²) in [5.41, 5.74) is 7.03. The predicted molar refractivity (Wildman–Crippen MR) is 83.2 cm³/mol. The van der Waals surface area contributed by atoms with E-state index in [-0.39, 0.29) is 9.64 Å². The number of nitrogens with two attached hydrogens (primary N) is 1. The quantitative estimate of drug-likeness (QED) is 0.697. The molecule has 1 rings (SSSR count). The molecule has 0 aliphatic carbocycles. The third-order valence-corrected chi connectivity index (χ3v) is 5.52. The molecule has 0 aliphatic heterocycles. The van der Waals surface area contributed by atoms with Crippen LogP contribution in [0.3, 0.4) is 0 Å². The monoisotopic (exact) mass is 303 g/mol. The van der Waals surface area contributed by atoms with Gasteiger partial charge in [-0.05, 0) is 45.4 Å². The van der Waals surface area contributed by atoms with Crippen molar-refractivity contribution in [2.75, 3.05) is 30.9 Å². The molecule has 108 valence electrons. The molecule has 0 unspecified atom stereocenters. The van der Waals surface area contributed by atoms with E-state index in [1.165, 1.54) is 13.1 Å². The topological polar surface area (TPSA) is 84.2 Å². The fourth-order valence-corrected chi connectivity index (χ4v) is 2.33. The van der Waals surface area contributed by atoms with Crippen LogP contribution in [-0.4, -0.2) is 33.0 Å². The molecule has 19 heavy (non-hydrogen) atoms. The molecule has 1 aromatic rings. The van der Waals surface area contributed by atoms with Crippen molar-refractivity contribution in [2.45, 2.75) is 23.5 Å². The van der Waals surface area contributed by atoms with Crippen molar-refractivity contribution in [3.8, 4) is 0 Å². The van der Waals surface area contributed by atoms with Crippen molar-refractivity contribution in [3.05, 3.63) is 18.2 Å². The molecule has 0 radical (unpaired) electrons. The molecule has 0 saturated carbocycles. The van der Waals surface area contributed by atoms with Crippen LogP contribution in [0, 0.1) is 0 Å². The largest absolute Gasteiger partial charge is 0.397 e. The molecule has 0 fully saturated rings. The number of nitrogen functional groups attached to an aromatic ring is 1. The third-order valence-electron chi connectivity index (χ3n) is 2.86. The zero-order valence-corrected chi connectivity index (χ0v) is 13.3. The van der Waals surface area contributed by atoms with Crippen LogP contribution in [0.2, 0.25) is 0 Å². The highest BCUT2D eigenvalue weighted by Crippen LogP contribution is 2.26. The van der Waals surface area contributed by atoms with Gasteiger partial charge in [0.05, 0.1) is 16.3 Å². The summed E-state index contributed by atoms with van der Waals surface area (Å²) in [7, 11) is -2.06. The molecule has 7 heteroatoms. The molecule has 0 saturated heterocycles. The first-order valence-electron chi connectivity index (χ1n) is 5.84. The summed E-state index contributed by atoms with van der Waals surface area (Å²) >= 11 is 1.73. The first-order valence-corrected chi connectivity index (χ1v) is 8.55. The number of anilines is 2. The van der Waals surface area contributed by atoms with E-state index < -0.39 is 10.0 Å². The Balaban J connectivity index is 2.99. The van der Waals surface area contributed by atoms with E-state index in [1.54, 1.807) is 23.9 Å². The van der Waals surface area contributed by atoms with Crippen LogP contribution in [-0.2, 0) is 10.0 Å². The van der Waals surface area contributed by atoms with Gasteiger partial charge >= 0.3 is 0 Å². The van der Waals surface area contributed by atoms with Crippen molar-refractivity contribution in [3.63, 3.8) is 0 Å². The predicted octanol–water partition coefficient (Wildman–Crippen LogP) is 1.73. The number of nitrogens with one attached hydrogen (secondary N) is 2. The number of rotatable bonds is 6. The van der Waals surface area contributed by atoms with Gasteiger partial charge in [0, 0.05) is 11.3 Å². The second-order valence-corrected chi connectivity index (χ2v) is 8.17. The molecule has 0 amide bonds.